The highest BCUT2D eigenvalue weighted by Crippen LogP contribution is 2.23. The number of anilines is 1. The average molecular weight is 299 g/mol. The lowest BCUT2D eigenvalue weighted by Crippen LogP contribution is -2.38. The molecular weight excluding hydrogens is 278 g/mol. The highest BCUT2D eigenvalue weighted by atomic mass is 16.3. The molecule has 5 heteroatoms. The van der Waals surface area contributed by atoms with E-state index in [4.69, 9.17) is 4.42 Å². The molecule has 1 saturated heterocycles. The van der Waals surface area contributed by atoms with Crippen molar-refractivity contribution in [2.75, 3.05) is 24.5 Å². The summed E-state index contributed by atoms with van der Waals surface area (Å²) >= 11 is 0. The number of aryl methyl sites for hydroxylation is 1. The summed E-state index contributed by atoms with van der Waals surface area (Å²) < 4.78 is 4.93. The fourth-order valence-electron chi connectivity index (χ4n) is 2.86. The molecule has 3 rings (SSSR count). The van der Waals surface area contributed by atoms with Crippen molar-refractivity contribution in [2.45, 2.75) is 19.8 Å². The summed E-state index contributed by atoms with van der Waals surface area (Å²) in [5, 5.41) is 2.99. The number of carbonyl (C=O) groups is 1. The Morgan fingerprint density at radius 3 is 2.91 bits per heavy atom. The first kappa shape index (κ1) is 14.6. The van der Waals surface area contributed by atoms with Crippen molar-refractivity contribution in [1.82, 2.24) is 10.3 Å². The van der Waals surface area contributed by atoms with Crippen LogP contribution in [-0.4, -0.2) is 30.5 Å². The second-order valence-electron chi connectivity index (χ2n) is 5.81. The second-order valence-corrected chi connectivity index (χ2v) is 5.81. The van der Waals surface area contributed by atoms with Crippen LogP contribution < -0.4 is 10.2 Å². The maximum atomic E-state index is 11.9. The van der Waals surface area contributed by atoms with Crippen molar-refractivity contribution >= 4 is 11.6 Å². The van der Waals surface area contributed by atoms with E-state index in [0.29, 0.717) is 11.5 Å². The fourth-order valence-corrected chi connectivity index (χ4v) is 2.86. The number of amides is 1. The third-order valence-electron chi connectivity index (χ3n) is 4.19. The van der Waals surface area contributed by atoms with Gasteiger partial charge in [-0.2, -0.15) is 0 Å². The first-order valence-electron chi connectivity index (χ1n) is 7.70. The van der Waals surface area contributed by atoms with Crippen molar-refractivity contribution in [2.24, 2.45) is 5.92 Å². The summed E-state index contributed by atoms with van der Waals surface area (Å²) in [6.07, 6.45) is 7.04. The van der Waals surface area contributed by atoms with Crippen LogP contribution >= 0.6 is 0 Å². The van der Waals surface area contributed by atoms with Crippen LogP contribution in [0.1, 0.15) is 28.9 Å². The monoisotopic (exact) mass is 299 g/mol. The Bertz CT molecular complexity index is 617. The van der Waals surface area contributed by atoms with E-state index in [-0.39, 0.29) is 5.91 Å². The minimum absolute atomic E-state index is 0.0547. The van der Waals surface area contributed by atoms with Crippen molar-refractivity contribution in [3.8, 4) is 0 Å². The fraction of sp³-hybridized carbons (Fsp3) is 0.412. The molecule has 1 aliphatic heterocycles. The van der Waals surface area contributed by atoms with Gasteiger partial charge in [0.05, 0.1) is 11.8 Å². The molecule has 1 N–H and O–H groups in total. The topological polar surface area (TPSA) is 58.4 Å². The molecule has 0 radical (unpaired) electrons. The van der Waals surface area contributed by atoms with Gasteiger partial charge in [-0.25, -0.2) is 0 Å². The number of furan rings is 1. The molecule has 116 valence electrons. The molecule has 2 aromatic heterocycles. The number of nitrogens with zero attached hydrogens (tertiary/aromatic N) is 2. The Kier molecular flexibility index (Phi) is 4.42. The van der Waals surface area contributed by atoms with Gasteiger partial charge in [0, 0.05) is 37.2 Å². The van der Waals surface area contributed by atoms with E-state index in [0.717, 1.165) is 38.2 Å². The minimum Gasteiger partial charge on any atom is -0.472 e. The molecule has 0 atom stereocenters. The molecule has 3 heterocycles. The highest BCUT2D eigenvalue weighted by Gasteiger charge is 2.20. The molecule has 22 heavy (non-hydrogen) atoms. The molecule has 5 nitrogen and oxygen atoms in total. The maximum Gasteiger partial charge on any atom is 0.254 e. The SMILES string of the molecule is Cc1cc(N2CCC(CNC(=O)c3ccoc3)CC2)ccn1. The summed E-state index contributed by atoms with van der Waals surface area (Å²) in [7, 11) is 0. The zero-order chi connectivity index (χ0) is 15.4. The van der Waals surface area contributed by atoms with Gasteiger partial charge in [0.1, 0.15) is 6.26 Å². The number of piperidine rings is 1. The number of pyridine rings is 1. The number of aromatic nitrogens is 1. The second kappa shape index (κ2) is 6.64. The van der Waals surface area contributed by atoms with E-state index in [1.165, 1.54) is 18.2 Å². The summed E-state index contributed by atoms with van der Waals surface area (Å²) in [6.45, 7) is 4.79. The number of rotatable bonds is 4. The highest BCUT2D eigenvalue weighted by molar-refractivity contribution is 5.93. The van der Waals surface area contributed by atoms with Crippen LogP contribution in [-0.2, 0) is 0 Å². The Morgan fingerprint density at radius 2 is 2.23 bits per heavy atom. The smallest absolute Gasteiger partial charge is 0.254 e. The first-order valence-corrected chi connectivity index (χ1v) is 7.70. The summed E-state index contributed by atoms with van der Waals surface area (Å²) in [5.74, 6) is 0.482. The third kappa shape index (κ3) is 3.47. The molecular formula is C17H21N3O2. The van der Waals surface area contributed by atoms with E-state index in [1.54, 1.807) is 6.07 Å². The van der Waals surface area contributed by atoms with Gasteiger partial charge in [0.25, 0.3) is 5.91 Å². The number of carbonyl (C=O) groups excluding carboxylic acids is 1. The van der Waals surface area contributed by atoms with Gasteiger partial charge >= 0.3 is 0 Å². The maximum absolute atomic E-state index is 11.9. The lowest BCUT2D eigenvalue weighted by atomic mass is 9.96. The zero-order valence-corrected chi connectivity index (χ0v) is 12.8. The van der Waals surface area contributed by atoms with Crippen LogP contribution in [0.3, 0.4) is 0 Å². The van der Waals surface area contributed by atoms with Crippen LogP contribution in [0.5, 0.6) is 0 Å². The molecule has 1 amide bonds. The lowest BCUT2D eigenvalue weighted by Gasteiger charge is -2.33. The molecule has 0 unspecified atom stereocenters. The van der Waals surface area contributed by atoms with Gasteiger partial charge in [-0.3, -0.25) is 9.78 Å². The molecule has 1 fully saturated rings. The van der Waals surface area contributed by atoms with Crippen molar-refractivity contribution in [3.63, 3.8) is 0 Å². The Morgan fingerprint density at radius 1 is 1.41 bits per heavy atom. The number of nitrogens with one attached hydrogen (secondary N) is 1. The minimum atomic E-state index is -0.0547. The molecule has 0 spiro atoms. The van der Waals surface area contributed by atoms with Crippen LogP contribution in [0.15, 0.2) is 41.3 Å². The van der Waals surface area contributed by atoms with Gasteiger partial charge < -0.3 is 14.6 Å². The van der Waals surface area contributed by atoms with E-state index >= 15 is 0 Å². The summed E-state index contributed by atoms with van der Waals surface area (Å²) in [6, 6.07) is 5.87. The van der Waals surface area contributed by atoms with Crippen molar-refractivity contribution in [3.05, 3.63) is 48.2 Å². The predicted octanol–water partition coefficient (Wildman–Crippen LogP) is 2.63. The zero-order valence-electron chi connectivity index (χ0n) is 12.8. The van der Waals surface area contributed by atoms with Crippen LogP contribution in [0.25, 0.3) is 0 Å². The third-order valence-corrected chi connectivity index (χ3v) is 4.19. The van der Waals surface area contributed by atoms with E-state index < -0.39 is 0 Å². The van der Waals surface area contributed by atoms with Crippen molar-refractivity contribution in [1.29, 1.82) is 0 Å². The molecule has 0 saturated carbocycles. The van der Waals surface area contributed by atoms with Crippen LogP contribution in [0.2, 0.25) is 0 Å². The molecule has 1 aliphatic rings. The van der Waals surface area contributed by atoms with Crippen LogP contribution in [0, 0.1) is 12.8 Å². The summed E-state index contributed by atoms with van der Waals surface area (Å²) in [4.78, 5) is 18.5. The van der Waals surface area contributed by atoms with E-state index in [9.17, 15) is 4.79 Å². The quantitative estimate of drug-likeness (QED) is 0.943. The lowest BCUT2D eigenvalue weighted by molar-refractivity contribution is 0.0944. The largest absolute Gasteiger partial charge is 0.472 e. The summed E-state index contributed by atoms with van der Waals surface area (Å²) in [5.41, 5.74) is 2.88. The van der Waals surface area contributed by atoms with Gasteiger partial charge in [0.15, 0.2) is 0 Å². The normalized spacial score (nSPS) is 15.8. The Labute approximate surface area is 130 Å². The van der Waals surface area contributed by atoms with E-state index in [1.807, 2.05) is 13.1 Å². The molecule has 2 aromatic rings. The van der Waals surface area contributed by atoms with Crippen molar-refractivity contribution < 1.29 is 9.21 Å². The van der Waals surface area contributed by atoms with Crippen LogP contribution in [0.4, 0.5) is 5.69 Å². The molecule has 0 aromatic carbocycles. The molecule has 0 aliphatic carbocycles. The first-order chi connectivity index (χ1) is 10.7. The van der Waals surface area contributed by atoms with Gasteiger partial charge in [0.2, 0.25) is 0 Å². The molecule has 0 bridgehead atoms. The number of hydrogen-bond donors (Lipinski definition) is 1. The van der Waals surface area contributed by atoms with Gasteiger partial charge in [-0.05, 0) is 43.9 Å². The standard InChI is InChI=1S/C17H21N3O2/c1-13-10-16(2-6-18-13)20-7-3-14(4-8-20)11-19-17(21)15-5-9-22-12-15/h2,5-6,9-10,12,14H,3-4,7-8,11H2,1H3,(H,19,21). The average Bonchev–Trinajstić information content (AvgIpc) is 3.08. The predicted molar refractivity (Wildman–Crippen MR) is 85.0 cm³/mol. The Balaban J connectivity index is 1.47. The van der Waals surface area contributed by atoms with Gasteiger partial charge in [-0.1, -0.05) is 0 Å². The van der Waals surface area contributed by atoms with E-state index in [2.05, 4.69) is 27.3 Å². The number of hydrogen-bond acceptors (Lipinski definition) is 4. The van der Waals surface area contributed by atoms with Gasteiger partial charge in [-0.15, -0.1) is 0 Å². The Hall–Kier alpha value is -2.30.